The Morgan fingerprint density at radius 2 is 1.83 bits per heavy atom. The van der Waals surface area contributed by atoms with E-state index in [1.54, 1.807) is 6.08 Å². The second kappa shape index (κ2) is 9.26. The molecule has 0 aliphatic rings. The Morgan fingerprint density at radius 3 is 2.35 bits per heavy atom. The number of nitrogens with two attached hydrogens (primary N) is 1. The van der Waals surface area contributed by atoms with Gasteiger partial charge in [0, 0.05) is 11.3 Å². The maximum Gasteiger partial charge on any atom is 0.0129 e. The molecule has 0 saturated heterocycles. The summed E-state index contributed by atoms with van der Waals surface area (Å²) < 4.78 is 0. The first-order chi connectivity index (χ1) is 11.0. The molecule has 2 N–H and O–H groups in total. The van der Waals surface area contributed by atoms with Crippen LogP contribution in [0.3, 0.4) is 0 Å². The summed E-state index contributed by atoms with van der Waals surface area (Å²) >= 11 is 0. The largest absolute Gasteiger partial charge is 0.402 e. The van der Waals surface area contributed by atoms with Gasteiger partial charge in [-0.1, -0.05) is 74.4 Å². The van der Waals surface area contributed by atoms with Gasteiger partial charge in [0.1, 0.15) is 0 Å². The van der Waals surface area contributed by atoms with Gasteiger partial charge < -0.3 is 5.73 Å². The van der Waals surface area contributed by atoms with Crippen LogP contribution in [0.5, 0.6) is 0 Å². The molecule has 0 spiro atoms. The van der Waals surface area contributed by atoms with E-state index in [1.807, 2.05) is 74.6 Å². The van der Waals surface area contributed by atoms with Gasteiger partial charge in [0.15, 0.2) is 0 Å². The van der Waals surface area contributed by atoms with Crippen molar-refractivity contribution in [2.75, 3.05) is 0 Å². The summed E-state index contributed by atoms with van der Waals surface area (Å²) in [5.41, 5.74) is 9.72. The van der Waals surface area contributed by atoms with Crippen molar-refractivity contribution in [2.45, 2.75) is 13.8 Å². The molecule has 0 unspecified atom stereocenters. The molecular weight excluding hydrogens is 278 g/mol. The molecule has 0 bridgehead atoms. The molecule has 0 radical (unpaired) electrons. The highest BCUT2D eigenvalue weighted by molar-refractivity contribution is 5.64. The number of hydrogen-bond donors (Lipinski definition) is 1. The Labute approximate surface area is 139 Å². The third-order valence-electron chi connectivity index (χ3n) is 3.35. The molecular formula is C22H25N. The number of rotatable bonds is 6. The molecule has 1 aromatic rings. The molecule has 23 heavy (non-hydrogen) atoms. The molecule has 1 aromatic carbocycles. The van der Waals surface area contributed by atoms with Crippen LogP contribution in [0, 0.1) is 0 Å². The first-order valence-electron chi connectivity index (χ1n) is 7.55. The Hall–Kier alpha value is -2.80. The molecule has 0 aliphatic heterocycles. The van der Waals surface area contributed by atoms with Crippen molar-refractivity contribution in [1.82, 2.24) is 0 Å². The van der Waals surface area contributed by atoms with E-state index in [1.165, 1.54) is 0 Å². The van der Waals surface area contributed by atoms with E-state index in [0.717, 1.165) is 32.9 Å². The van der Waals surface area contributed by atoms with Crippen LogP contribution < -0.4 is 16.2 Å². The highest BCUT2D eigenvalue weighted by Crippen LogP contribution is 2.18. The average Bonchev–Trinajstić information content (AvgIpc) is 2.55. The Kier molecular flexibility index (Phi) is 7.35. The lowest BCUT2D eigenvalue weighted by molar-refractivity contribution is 1.27. The fourth-order valence-electron chi connectivity index (χ4n) is 2.06. The number of benzene rings is 1. The van der Waals surface area contributed by atoms with E-state index >= 15 is 0 Å². The van der Waals surface area contributed by atoms with Gasteiger partial charge in [-0.15, -0.1) is 0 Å². The highest BCUT2D eigenvalue weighted by Gasteiger charge is 2.02. The summed E-state index contributed by atoms with van der Waals surface area (Å²) in [6.07, 6.45) is 13.6. The molecule has 0 atom stereocenters. The third kappa shape index (κ3) is 5.48. The molecule has 1 nitrogen and oxygen atoms in total. The van der Waals surface area contributed by atoms with Crippen molar-refractivity contribution in [1.29, 1.82) is 0 Å². The van der Waals surface area contributed by atoms with Crippen LogP contribution in [0.15, 0.2) is 96.3 Å². The van der Waals surface area contributed by atoms with Gasteiger partial charge in [-0.3, -0.25) is 0 Å². The van der Waals surface area contributed by atoms with Gasteiger partial charge in [-0.2, -0.15) is 0 Å². The van der Waals surface area contributed by atoms with Crippen LogP contribution >= 0.6 is 0 Å². The van der Waals surface area contributed by atoms with Crippen molar-refractivity contribution < 1.29 is 0 Å². The Balaban J connectivity index is 3.51. The van der Waals surface area contributed by atoms with Gasteiger partial charge in [0.2, 0.25) is 0 Å². The van der Waals surface area contributed by atoms with Gasteiger partial charge in [-0.25, -0.2) is 0 Å². The lowest BCUT2D eigenvalue weighted by Crippen LogP contribution is -2.22. The maximum atomic E-state index is 6.11. The molecule has 1 rings (SSSR count). The molecule has 0 heterocycles. The van der Waals surface area contributed by atoms with Crippen molar-refractivity contribution in [3.8, 4) is 0 Å². The standard InChI is InChI=1S/C22H25N/c1-6-9-13-19(7-2)15-20(8-3)22(18(5)23)16-21-14-11-10-12-17(21)4/h6-16H,2-4,23H2,1,5H3/b9-6-,19-13+,20-15+,21-16-,22-18-. The fraction of sp³-hybridized carbons (Fsp3) is 0.0909. The minimum Gasteiger partial charge on any atom is -0.402 e. The number of allylic oxidation sites excluding steroid dienone is 10. The van der Waals surface area contributed by atoms with Gasteiger partial charge in [0.05, 0.1) is 0 Å². The normalized spacial score (nSPS) is 14.8. The van der Waals surface area contributed by atoms with Crippen LogP contribution in [0.2, 0.25) is 0 Å². The van der Waals surface area contributed by atoms with Gasteiger partial charge in [0.25, 0.3) is 0 Å². The summed E-state index contributed by atoms with van der Waals surface area (Å²) in [6, 6.07) is 7.96. The minimum atomic E-state index is 0.730. The van der Waals surface area contributed by atoms with Crippen molar-refractivity contribution >= 4 is 12.7 Å². The second-order valence-corrected chi connectivity index (χ2v) is 5.14. The smallest absolute Gasteiger partial charge is 0.0129 e. The summed E-state index contributed by atoms with van der Waals surface area (Å²) in [5.74, 6) is 0. The predicted octanol–water partition coefficient (Wildman–Crippen LogP) is 3.91. The summed E-state index contributed by atoms with van der Waals surface area (Å²) in [4.78, 5) is 0. The lowest BCUT2D eigenvalue weighted by Gasteiger charge is -2.07. The summed E-state index contributed by atoms with van der Waals surface area (Å²) in [5, 5.41) is 2.00. The van der Waals surface area contributed by atoms with Crippen LogP contribution in [0.1, 0.15) is 13.8 Å². The van der Waals surface area contributed by atoms with E-state index in [4.69, 9.17) is 5.73 Å². The first-order valence-corrected chi connectivity index (χ1v) is 7.55. The predicted molar refractivity (Wildman–Crippen MR) is 104 cm³/mol. The second-order valence-electron chi connectivity index (χ2n) is 5.14. The van der Waals surface area contributed by atoms with Crippen molar-refractivity contribution in [3.63, 3.8) is 0 Å². The van der Waals surface area contributed by atoms with E-state index in [9.17, 15) is 0 Å². The van der Waals surface area contributed by atoms with E-state index in [0.29, 0.717) is 0 Å². The zero-order valence-corrected chi connectivity index (χ0v) is 14.0. The zero-order chi connectivity index (χ0) is 17.2. The Morgan fingerprint density at radius 1 is 1.13 bits per heavy atom. The minimum absolute atomic E-state index is 0.730. The summed E-state index contributed by atoms with van der Waals surface area (Å²) in [6.45, 7) is 15.7. The monoisotopic (exact) mass is 303 g/mol. The molecule has 0 aromatic heterocycles. The van der Waals surface area contributed by atoms with Gasteiger partial charge >= 0.3 is 0 Å². The quantitative estimate of drug-likeness (QED) is 0.792. The van der Waals surface area contributed by atoms with Crippen molar-refractivity contribution in [2.24, 2.45) is 5.73 Å². The average molecular weight is 303 g/mol. The van der Waals surface area contributed by atoms with E-state index < -0.39 is 0 Å². The van der Waals surface area contributed by atoms with Crippen molar-refractivity contribution in [3.05, 3.63) is 107 Å². The van der Waals surface area contributed by atoms with E-state index in [-0.39, 0.29) is 0 Å². The number of hydrogen-bond acceptors (Lipinski definition) is 1. The van der Waals surface area contributed by atoms with Crippen LogP contribution in [0.25, 0.3) is 12.7 Å². The SMILES string of the molecule is C=CC(=C\C=C/C)/C=C(C=C)/C(/C=c1/ccccc1=C)=C(/C)N. The molecule has 0 fully saturated rings. The molecule has 0 amide bonds. The molecule has 0 saturated carbocycles. The molecule has 118 valence electrons. The Bertz CT molecular complexity index is 795. The first kappa shape index (κ1) is 18.2. The van der Waals surface area contributed by atoms with Crippen LogP contribution in [-0.4, -0.2) is 0 Å². The molecule has 0 aliphatic carbocycles. The zero-order valence-electron chi connectivity index (χ0n) is 14.0. The summed E-state index contributed by atoms with van der Waals surface area (Å²) in [7, 11) is 0. The maximum absolute atomic E-state index is 6.11. The highest BCUT2D eigenvalue weighted by atomic mass is 14.6. The lowest BCUT2D eigenvalue weighted by atomic mass is 9.99. The van der Waals surface area contributed by atoms with E-state index in [2.05, 4.69) is 19.7 Å². The third-order valence-corrected chi connectivity index (χ3v) is 3.35. The van der Waals surface area contributed by atoms with Crippen LogP contribution in [-0.2, 0) is 0 Å². The topological polar surface area (TPSA) is 26.0 Å². The molecule has 1 heteroatoms. The van der Waals surface area contributed by atoms with Gasteiger partial charge in [-0.05, 0) is 47.6 Å². The van der Waals surface area contributed by atoms with Crippen LogP contribution in [0.4, 0.5) is 0 Å². The fourth-order valence-corrected chi connectivity index (χ4v) is 2.06.